The van der Waals surface area contributed by atoms with E-state index < -0.39 is 20.1 Å². The van der Waals surface area contributed by atoms with Crippen LogP contribution < -0.4 is 4.40 Å². The van der Waals surface area contributed by atoms with Crippen LogP contribution in [0.25, 0.3) is 66.9 Å². The number of pyridine rings is 2. The summed E-state index contributed by atoms with van der Waals surface area (Å²) in [4.78, 5) is 13.9. The molecule has 0 aliphatic carbocycles. The van der Waals surface area contributed by atoms with E-state index in [0.29, 0.717) is 17.0 Å². The van der Waals surface area contributed by atoms with Crippen molar-refractivity contribution in [3.8, 4) is 33.8 Å². The van der Waals surface area contributed by atoms with E-state index in [4.69, 9.17) is 13.5 Å². The SMILES string of the molecule is CC(C)n1c(-c2[c-]ccc3c2oc2ncc(-c4ccc(F)cc4)cc23)nc2ccccc21.[2H]C([2H])([2H])c1nc(-c2[c-]cccc2)cc[c]1[Ge]([CH3])([CH3])[CH3].[Ir]. The molecule has 0 fully saturated rings. The molecule has 0 aliphatic rings. The summed E-state index contributed by atoms with van der Waals surface area (Å²) >= 11 is -2.27. The van der Waals surface area contributed by atoms with Crippen LogP contribution in [0.4, 0.5) is 4.39 Å². The summed E-state index contributed by atoms with van der Waals surface area (Å²) in [6.07, 6.45) is 1.75. The molecule has 50 heavy (non-hydrogen) atoms. The fourth-order valence-corrected chi connectivity index (χ4v) is 8.93. The maximum Gasteiger partial charge on any atom is 0 e. The van der Waals surface area contributed by atoms with Crippen LogP contribution in [-0.4, -0.2) is 32.8 Å². The molecule has 0 aliphatic heterocycles. The van der Waals surface area contributed by atoms with Gasteiger partial charge in [-0.15, -0.1) is 18.2 Å². The van der Waals surface area contributed by atoms with Crippen LogP contribution in [0.1, 0.15) is 29.7 Å². The van der Waals surface area contributed by atoms with Gasteiger partial charge in [0.15, 0.2) is 0 Å². The number of aryl methyl sites for hydroxylation is 1. The Balaban J connectivity index is 0.000000199. The van der Waals surface area contributed by atoms with Gasteiger partial charge in [-0.2, -0.15) is 0 Å². The van der Waals surface area contributed by atoms with Crippen molar-refractivity contribution >= 4 is 50.8 Å². The molecular weight excluding hydrogens is 860 g/mol. The van der Waals surface area contributed by atoms with Gasteiger partial charge in [-0.05, 0) is 49.7 Å². The quantitative estimate of drug-likeness (QED) is 0.128. The van der Waals surface area contributed by atoms with Gasteiger partial charge in [-0.25, -0.2) is 9.37 Å². The van der Waals surface area contributed by atoms with Crippen molar-refractivity contribution in [2.24, 2.45) is 0 Å². The number of halogens is 1. The van der Waals surface area contributed by atoms with Crippen molar-refractivity contribution in [1.29, 1.82) is 0 Å². The number of hydrogen-bond donors (Lipinski definition) is 0. The maximum absolute atomic E-state index is 13.3. The van der Waals surface area contributed by atoms with Gasteiger partial charge < -0.3 is 8.98 Å². The van der Waals surface area contributed by atoms with Crippen LogP contribution in [0, 0.1) is 24.8 Å². The summed E-state index contributed by atoms with van der Waals surface area (Å²) in [5.74, 6) is 7.11. The van der Waals surface area contributed by atoms with E-state index in [1.165, 1.54) is 12.1 Å². The van der Waals surface area contributed by atoms with E-state index in [9.17, 15) is 4.39 Å². The van der Waals surface area contributed by atoms with Crippen molar-refractivity contribution in [1.82, 2.24) is 19.5 Å². The zero-order chi connectivity index (χ0) is 36.8. The summed E-state index contributed by atoms with van der Waals surface area (Å²) < 4.78 is 46.0. The van der Waals surface area contributed by atoms with Gasteiger partial charge in [-0.3, -0.25) is 4.98 Å². The minimum atomic E-state index is -2.27. The Kier molecular flexibility index (Phi) is 9.11. The maximum atomic E-state index is 13.3. The Morgan fingerprint density at radius 1 is 0.840 bits per heavy atom. The predicted octanol–water partition coefficient (Wildman–Crippen LogP) is 10.6. The monoisotopic (exact) mass is 902 g/mol. The van der Waals surface area contributed by atoms with E-state index in [2.05, 4.69) is 63.9 Å². The number of nitrogens with zero attached hydrogens (tertiary/aromatic N) is 4. The van der Waals surface area contributed by atoms with Crippen molar-refractivity contribution in [3.05, 3.63) is 133 Å². The summed E-state index contributed by atoms with van der Waals surface area (Å²) in [6.45, 7) is 2.12. The van der Waals surface area contributed by atoms with Crippen LogP contribution in [0.2, 0.25) is 17.3 Å². The topological polar surface area (TPSA) is 56.7 Å². The number of imidazole rings is 1. The van der Waals surface area contributed by atoms with Gasteiger partial charge in [0.05, 0.1) is 22.4 Å². The number of furan rings is 1. The fourth-order valence-electron chi connectivity index (χ4n) is 6.10. The van der Waals surface area contributed by atoms with Gasteiger partial charge in [0, 0.05) is 43.3 Å². The third kappa shape index (κ3) is 6.95. The van der Waals surface area contributed by atoms with Crippen LogP contribution in [0.15, 0.2) is 114 Å². The van der Waals surface area contributed by atoms with Gasteiger partial charge in [0.25, 0.3) is 0 Å². The third-order valence-electron chi connectivity index (χ3n) is 8.49. The molecule has 8 rings (SSSR count). The average molecular weight is 901 g/mol. The van der Waals surface area contributed by atoms with E-state index in [-0.39, 0.29) is 37.7 Å². The molecule has 0 atom stereocenters. The summed E-state index contributed by atoms with van der Waals surface area (Å²) in [7, 11) is 0. The summed E-state index contributed by atoms with van der Waals surface area (Å²) in [6, 6.07) is 38.5. The Bertz CT molecular complexity index is 2540. The van der Waals surface area contributed by atoms with Crippen molar-refractivity contribution < 1.29 is 33.0 Å². The molecule has 0 unspecified atom stereocenters. The first-order valence-electron chi connectivity index (χ1n) is 17.7. The Hall–Kier alpha value is -4.43. The fraction of sp³-hybridized carbons (Fsp3) is 0.167. The second-order valence-electron chi connectivity index (χ2n) is 13.3. The smallest absolute Gasteiger partial charge is 0 e. The Morgan fingerprint density at radius 3 is 2.34 bits per heavy atom. The minimum Gasteiger partial charge on any atom is 0 e. The average Bonchev–Trinajstić information content (AvgIpc) is 3.70. The number of fused-ring (bicyclic) bond motifs is 4. The molecule has 0 saturated carbocycles. The Morgan fingerprint density at radius 2 is 1.62 bits per heavy atom. The zero-order valence-corrected chi connectivity index (χ0v) is 32.9. The molecule has 8 heteroatoms. The van der Waals surface area contributed by atoms with Crippen LogP contribution in [0.5, 0.6) is 0 Å². The van der Waals surface area contributed by atoms with Crippen LogP contribution >= 0.6 is 0 Å². The van der Waals surface area contributed by atoms with E-state index in [0.717, 1.165) is 54.3 Å². The standard InChI is InChI=1S/C27H19FN3O.C15H18GeN.Ir/c1-16(2)31-24-9-4-3-8-23(24)30-26(31)21-7-5-6-20-22-14-18(15-29-27(22)32-25(20)21)17-10-12-19(28)13-11-17;1-12-14(16(2,3)4)10-11-15(17-12)13-8-6-5-7-9-13;/h3-6,8-16H,1-2H3;5-8,10-11H,1-4H3;/q2*-1;/i;1D3;. The normalized spacial score (nSPS) is 12.7. The van der Waals surface area contributed by atoms with Gasteiger partial charge in [0.1, 0.15) is 5.82 Å². The van der Waals surface area contributed by atoms with Crippen molar-refractivity contribution in [2.45, 2.75) is 44.0 Å². The summed E-state index contributed by atoms with van der Waals surface area (Å²) in [5, 5.41) is 1.86. The van der Waals surface area contributed by atoms with Gasteiger partial charge in [-0.1, -0.05) is 35.2 Å². The van der Waals surface area contributed by atoms with Crippen LogP contribution in [0.3, 0.4) is 0 Å². The molecule has 0 spiro atoms. The molecule has 253 valence electrons. The Labute approximate surface area is 312 Å². The number of rotatable bonds is 5. The van der Waals surface area contributed by atoms with Gasteiger partial charge >= 0.3 is 110 Å². The van der Waals surface area contributed by atoms with E-state index in [1.54, 1.807) is 18.3 Å². The number of benzene rings is 4. The first-order chi connectivity index (χ1) is 24.8. The van der Waals surface area contributed by atoms with Crippen molar-refractivity contribution in [3.63, 3.8) is 0 Å². The van der Waals surface area contributed by atoms with Crippen LogP contribution in [-0.2, 0) is 20.1 Å². The molecule has 5 nitrogen and oxygen atoms in total. The molecule has 4 aromatic carbocycles. The number of para-hydroxylation sites is 2. The molecule has 4 heterocycles. The molecule has 0 amide bonds. The van der Waals surface area contributed by atoms with Crippen molar-refractivity contribution in [2.75, 3.05) is 0 Å². The largest absolute Gasteiger partial charge is 0 e. The molecule has 8 aromatic rings. The first kappa shape index (κ1) is 31.5. The molecular formula is C42H37FGeIrN4O-2. The zero-order valence-electron chi connectivity index (χ0n) is 31.4. The number of hydrogen-bond acceptors (Lipinski definition) is 4. The molecule has 0 bridgehead atoms. The molecule has 0 saturated heterocycles. The molecule has 4 aromatic heterocycles. The van der Waals surface area contributed by atoms with E-state index >= 15 is 0 Å². The third-order valence-corrected chi connectivity index (χ3v) is 12.7. The second kappa shape index (κ2) is 14.4. The second-order valence-corrected chi connectivity index (χ2v) is 23.9. The van der Waals surface area contributed by atoms with Gasteiger partial charge in [0.2, 0.25) is 5.71 Å². The number of aromatic nitrogens is 4. The first-order valence-corrected chi connectivity index (χ1v) is 23.6. The predicted molar refractivity (Wildman–Crippen MR) is 201 cm³/mol. The minimum absolute atomic E-state index is 0. The molecule has 0 N–H and O–H groups in total. The van der Waals surface area contributed by atoms with E-state index in [1.807, 2.05) is 72.8 Å². The summed E-state index contributed by atoms with van der Waals surface area (Å²) in [5.41, 5.74) is 7.67. The molecule has 1 radical (unpaired) electrons.